The molecule has 1 amide bonds. The Morgan fingerprint density at radius 1 is 1.29 bits per heavy atom. The molecule has 1 aliphatic rings. The second-order valence-corrected chi connectivity index (χ2v) is 5.00. The number of nitrogens with one attached hydrogen (secondary N) is 1. The molecule has 0 saturated carbocycles. The molecule has 1 aliphatic heterocycles. The van der Waals surface area contributed by atoms with E-state index < -0.39 is 30.1 Å². The highest BCUT2D eigenvalue weighted by Crippen LogP contribution is 2.33. The molecule has 2 rings (SSSR count). The van der Waals surface area contributed by atoms with Crippen LogP contribution in [0.25, 0.3) is 0 Å². The zero-order valence-electron chi connectivity index (χ0n) is 12.0. The molecule has 1 aromatic carbocycles. The molecule has 0 saturated heterocycles. The van der Waals surface area contributed by atoms with E-state index in [-0.39, 0.29) is 0 Å². The fraction of sp³-hybridized carbons (Fsp3) is 0.467. The van der Waals surface area contributed by atoms with Crippen LogP contribution < -0.4 is 14.8 Å². The molecule has 0 aromatic heterocycles. The number of fused-ring (bicyclic) bond motifs is 1. The molecule has 0 spiro atoms. The number of benzene rings is 1. The standard InChI is InChI=1S/C15H19NO5/c1-3-6-10(15(18)19)16-14(17)13-9(2)20-11-7-4-5-8-12(11)21-13/h4-5,7-10,13H,3,6H2,1-2H3,(H,16,17)(H,18,19)/t9?,10-,13?/m0/s1. The van der Waals surface area contributed by atoms with Gasteiger partial charge in [-0.2, -0.15) is 0 Å². The number of carboxylic acids is 1. The van der Waals surface area contributed by atoms with Crippen LogP contribution in [0.4, 0.5) is 0 Å². The lowest BCUT2D eigenvalue weighted by Crippen LogP contribution is -2.53. The van der Waals surface area contributed by atoms with E-state index in [2.05, 4.69) is 5.32 Å². The van der Waals surface area contributed by atoms with Crippen molar-refractivity contribution in [3.63, 3.8) is 0 Å². The molecular weight excluding hydrogens is 274 g/mol. The second-order valence-electron chi connectivity index (χ2n) is 5.00. The summed E-state index contributed by atoms with van der Waals surface area (Å²) < 4.78 is 11.3. The number of hydrogen-bond donors (Lipinski definition) is 2. The van der Waals surface area contributed by atoms with Crippen LogP contribution >= 0.6 is 0 Å². The largest absolute Gasteiger partial charge is 0.482 e. The van der Waals surface area contributed by atoms with Crippen LogP contribution in [-0.2, 0) is 9.59 Å². The van der Waals surface area contributed by atoms with Gasteiger partial charge in [0.25, 0.3) is 5.91 Å². The highest BCUT2D eigenvalue weighted by Gasteiger charge is 2.35. The van der Waals surface area contributed by atoms with Gasteiger partial charge in [-0.15, -0.1) is 0 Å². The number of para-hydroxylation sites is 2. The maximum Gasteiger partial charge on any atom is 0.326 e. The van der Waals surface area contributed by atoms with Gasteiger partial charge >= 0.3 is 5.97 Å². The second kappa shape index (κ2) is 6.47. The van der Waals surface area contributed by atoms with Crippen LogP contribution in [0.15, 0.2) is 24.3 Å². The van der Waals surface area contributed by atoms with Crippen molar-refractivity contribution in [1.29, 1.82) is 0 Å². The third-order valence-corrected chi connectivity index (χ3v) is 3.29. The molecule has 6 heteroatoms. The third kappa shape index (κ3) is 3.45. The Hall–Kier alpha value is -2.24. The highest BCUT2D eigenvalue weighted by molar-refractivity contribution is 5.87. The maximum absolute atomic E-state index is 12.2. The van der Waals surface area contributed by atoms with E-state index in [1.54, 1.807) is 25.1 Å². The third-order valence-electron chi connectivity index (χ3n) is 3.29. The Morgan fingerprint density at radius 2 is 1.90 bits per heavy atom. The van der Waals surface area contributed by atoms with Crippen molar-refractivity contribution in [2.24, 2.45) is 0 Å². The van der Waals surface area contributed by atoms with E-state index in [1.165, 1.54) is 0 Å². The number of carbonyl (C=O) groups excluding carboxylic acids is 1. The molecule has 6 nitrogen and oxygen atoms in total. The fourth-order valence-electron chi connectivity index (χ4n) is 2.21. The molecule has 2 unspecified atom stereocenters. The first kappa shape index (κ1) is 15.2. The summed E-state index contributed by atoms with van der Waals surface area (Å²) in [5.74, 6) is -0.455. The predicted molar refractivity (Wildman–Crippen MR) is 75.4 cm³/mol. The number of carboxylic acid groups (broad SMARTS) is 1. The minimum absolute atomic E-state index is 0.375. The van der Waals surface area contributed by atoms with Gasteiger partial charge < -0.3 is 19.9 Å². The summed E-state index contributed by atoms with van der Waals surface area (Å²) in [4.78, 5) is 23.3. The SMILES string of the molecule is CCC[C@H](NC(=O)C1Oc2ccccc2OC1C)C(=O)O. The fourth-order valence-corrected chi connectivity index (χ4v) is 2.21. The number of aliphatic carboxylic acids is 1. The van der Waals surface area contributed by atoms with Gasteiger partial charge in [-0.1, -0.05) is 25.5 Å². The summed E-state index contributed by atoms with van der Waals surface area (Å²) in [5, 5.41) is 11.6. The Balaban J connectivity index is 2.07. The van der Waals surface area contributed by atoms with Gasteiger partial charge in [0.15, 0.2) is 11.5 Å². The molecule has 0 aliphatic carbocycles. The lowest BCUT2D eigenvalue weighted by Gasteiger charge is -2.31. The summed E-state index contributed by atoms with van der Waals surface area (Å²) in [6.07, 6.45) is -0.313. The van der Waals surface area contributed by atoms with Crippen molar-refractivity contribution in [3.05, 3.63) is 24.3 Å². The van der Waals surface area contributed by atoms with Crippen molar-refractivity contribution in [1.82, 2.24) is 5.32 Å². The molecule has 114 valence electrons. The summed E-state index contributed by atoms with van der Waals surface area (Å²) in [6, 6.07) is 6.16. The van der Waals surface area contributed by atoms with Gasteiger partial charge in [-0.25, -0.2) is 4.79 Å². The van der Waals surface area contributed by atoms with Gasteiger partial charge in [0, 0.05) is 0 Å². The maximum atomic E-state index is 12.2. The first-order chi connectivity index (χ1) is 10.0. The van der Waals surface area contributed by atoms with E-state index in [9.17, 15) is 9.59 Å². The number of amides is 1. The van der Waals surface area contributed by atoms with Crippen LogP contribution in [0.2, 0.25) is 0 Å². The normalized spacial score (nSPS) is 21.4. The molecule has 0 fully saturated rings. The van der Waals surface area contributed by atoms with E-state index in [1.807, 2.05) is 13.0 Å². The van der Waals surface area contributed by atoms with Crippen LogP contribution in [0, 0.1) is 0 Å². The number of rotatable bonds is 5. The van der Waals surface area contributed by atoms with E-state index in [0.29, 0.717) is 24.3 Å². The molecule has 0 bridgehead atoms. The molecular formula is C15H19NO5. The molecule has 3 atom stereocenters. The average molecular weight is 293 g/mol. The first-order valence-electron chi connectivity index (χ1n) is 6.98. The van der Waals surface area contributed by atoms with E-state index in [0.717, 1.165) is 0 Å². The van der Waals surface area contributed by atoms with Crippen LogP contribution in [-0.4, -0.2) is 35.2 Å². The van der Waals surface area contributed by atoms with E-state index in [4.69, 9.17) is 14.6 Å². The smallest absolute Gasteiger partial charge is 0.326 e. The number of ether oxygens (including phenoxy) is 2. The van der Waals surface area contributed by atoms with Crippen molar-refractivity contribution in [2.75, 3.05) is 0 Å². The summed E-state index contributed by atoms with van der Waals surface area (Å²) >= 11 is 0. The minimum Gasteiger partial charge on any atom is -0.482 e. The van der Waals surface area contributed by atoms with Gasteiger partial charge in [0.1, 0.15) is 12.1 Å². The molecule has 1 aromatic rings. The Labute approximate surface area is 123 Å². The van der Waals surface area contributed by atoms with Crippen LogP contribution in [0.3, 0.4) is 0 Å². The number of hydrogen-bond acceptors (Lipinski definition) is 4. The lowest BCUT2D eigenvalue weighted by molar-refractivity contribution is -0.144. The van der Waals surface area contributed by atoms with Gasteiger partial charge in [-0.3, -0.25) is 4.79 Å². The van der Waals surface area contributed by atoms with Crippen molar-refractivity contribution in [2.45, 2.75) is 44.9 Å². The molecule has 2 N–H and O–H groups in total. The van der Waals surface area contributed by atoms with Gasteiger partial charge in [0.2, 0.25) is 6.10 Å². The zero-order valence-corrected chi connectivity index (χ0v) is 12.0. The first-order valence-corrected chi connectivity index (χ1v) is 6.98. The summed E-state index contributed by atoms with van der Waals surface area (Å²) in [7, 11) is 0. The topological polar surface area (TPSA) is 84.9 Å². The Kier molecular flexibility index (Phi) is 4.67. The van der Waals surface area contributed by atoms with Gasteiger partial charge in [0.05, 0.1) is 0 Å². The lowest BCUT2D eigenvalue weighted by atomic mass is 10.1. The monoisotopic (exact) mass is 293 g/mol. The van der Waals surface area contributed by atoms with Crippen molar-refractivity contribution >= 4 is 11.9 Å². The molecule has 0 radical (unpaired) electrons. The van der Waals surface area contributed by atoms with Crippen LogP contribution in [0.1, 0.15) is 26.7 Å². The average Bonchev–Trinajstić information content (AvgIpc) is 2.45. The highest BCUT2D eigenvalue weighted by atomic mass is 16.6. The summed E-state index contributed by atoms with van der Waals surface area (Å²) in [5.41, 5.74) is 0. The van der Waals surface area contributed by atoms with Gasteiger partial charge in [-0.05, 0) is 25.5 Å². The Bertz CT molecular complexity index is 531. The van der Waals surface area contributed by atoms with E-state index >= 15 is 0 Å². The van der Waals surface area contributed by atoms with Crippen molar-refractivity contribution in [3.8, 4) is 11.5 Å². The molecule has 21 heavy (non-hydrogen) atoms. The Morgan fingerprint density at radius 3 is 2.48 bits per heavy atom. The molecule has 1 heterocycles. The predicted octanol–water partition coefficient (Wildman–Crippen LogP) is 1.58. The number of carbonyl (C=O) groups is 2. The zero-order chi connectivity index (χ0) is 15.4. The van der Waals surface area contributed by atoms with Crippen LogP contribution in [0.5, 0.6) is 11.5 Å². The summed E-state index contributed by atoms with van der Waals surface area (Å²) in [6.45, 7) is 3.58. The minimum atomic E-state index is -1.05. The van der Waals surface area contributed by atoms with Crippen molar-refractivity contribution < 1.29 is 24.2 Å². The quantitative estimate of drug-likeness (QED) is 0.861.